The molecule has 0 aliphatic carbocycles. The highest BCUT2D eigenvalue weighted by Crippen LogP contribution is 1.86. The maximum absolute atomic E-state index is 5.46. The van der Waals surface area contributed by atoms with Crippen molar-refractivity contribution >= 4 is 0 Å². The molecule has 0 spiro atoms. The van der Waals surface area contributed by atoms with Crippen molar-refractivity contribution in [3.05, 3.63) is 0 Å². The molecule has 0 heterocycles. The summed E-state index contributed by atoms with van der Waals surface area (Å²) in [4.78, 5) is 4.49. The topological polar surface area (TPSA) is 67.8 Å². The minimum Gasteiger partial charge on any atom is -0.379 e. The van der Waals surface area contributed by atoms with Crippen LogP contribution in [-0.2, 0) is 4.74 Å². The van der Waals surface area contributed by atoms with Crippen LogP contribution in [-0.4, -0.2) is 76.4 Å². The molecule has 0 aromatic rings. The van der Waals surface area contributed by atoms with Crippen LogP contribution < -0.4 is 11.5 Å². The van der Waals surface area contributed by atoms with Gasteiger partial charge in [-0.1, -0.05) is 0 Å². The summed E-state index contributed by atoms with van der Waals surface area (Å²) >= 11 is 0. The first kappa shape index (κ1) is 14.8. The lowest BCUT2D eigenvalue weighted by Crippen LogP contribution is -2.35. The lowest BCUT2D eigenvalue weighted by Gasteiger charge is -2.21. The smallest absolute Gasteiger partial charge is 0.0593 e. The van der Waals surface area contributed by atoms with Gasteiger partial charge in [-0.2, -0.15) is 0 Å². The largest absolute Gasteiger partial charge is 0.379 e. The Bertz CT molecular complexity index is 135. The van der Waals surface area contributed by atoms with Crippen molar-refractivity contribution in [3.63, 3.8) is 0 Å². The molecule has 92 valence electrons. The summed E-state index contributed by atoms with van der Waals surface area (Å²) in [7, 11) is 4.19. The van der Waals surface area contributed by atoms with Crippen LogP contribution >= 0.6 is 0 Å². The summed E-state index contributed by atoms with van der Waals surface area (Å²) in [6, 6.07) is 0. The third-order valence-corrected chi connectivity index (χ3v) is 2.25. The normalized spacial score (nSPS) is 11.6. The maximum atomic E-state index is 5.46. The van der Waals surface area contributed by atoms with Crippen molar-refractivity contribution in [2.24, 2.45) is 11.5 Å². The van der Waals surface area contributed by atoms with Gasteiger partial charge in [-0.25, -0.2) is 0 Å². The van der Waals surface area contributed by atoms with E-state index in [1.165, 1.54) is 0 Å². The van der Waals surface area contributed by atoms with Gasteiger partial charge in [-0.05, 0) is 14.1 Å². The molecule has 5 nitrogen and oxygen atoms in total. The number of nitrogens with two attached hydrogens (primary N) is 2. The van der Waals surface area contributed by atoms with Gasteiger partial charge in [0.15, 0.2) is 0 Å². The molecular weight excluding hydrogens is 192 g/mol. The van der Waals surface area contributed by atoms with Gasteiger partial charge in [0.2, 0.25) is 0 Å². The number of likely N-dealkylation sites (N-methyl/N-ethyl adjacent to an activating group) is 2. The molecule has 0 radical (unpaired) electrons. The molecule has 0 amide bonds. The lowest BCUT2D eigenvalue weighted by atomic mass is 10.4. The Hall–Kier alpha value is -0.200. The molecule has 0 aromatic heterocycles. The predicted molar refractivity (Wildman–Crippen MR) is 63.9 cm³/mol. The van der Waals surface area contributed by atoms with Gasteiger partial charge in [-0.15, -0.1) is 0 Å². The maximum Gasteiger partial charge on any atom is 0.0593 e. The van der Waals surface area contributed by atoms with E-state index in [9.17, 15) is 0 Å². The quantitative estimate of drug-likeness (QED) is 0.450. The molecule has 0 aliphatic heterocycles. The monoisotopic (exact) mass is 218 g/mol. The Morgan fingerprint density at radius 3 is 1.93 bits per heavy atom. The third kappa shape index (κ3) is 10.1. The van der Waals surface area contributed by atoms with Crippen LogP contribution in [0.1, 0.15) is 0 Å². The van der Waals surface area contributed by atoms with Crippen LogP contribution in [0.5, 0.6) is 0 Å². The van der Waals surface area contributed by atoms with Crippen molar-refractivity contribution in [1.82, 2.24) is 9.80 Å². The number of hydrogen-bond donors (Lipinski definition) is 2. The van der Waals surface area contributed by atoms with Gasteiger partial charge in [0, 0.05) is 39.3 Å². The molecule has 0 rings (SSSR count). The third-order valence-electron chi connectivity index (χ3n) is 2.25. The van der Waals surface area contributed by atoms with E-state index in [1.54, 1.807) is 0 Å². The highest BCUT2D eigenvalue weighted by atomic mass is 16.5. The summed E-state index contributed by atoms with van der Waals surface area (Å²) in [5.74, 6) is 0. The van der Waals surface area contributed by atoms with Crippen LogP contribution in [0.4, 0.5) is 0 Å². The minimum atomic E-state index is 0.600. The molecule has 0 aromatic carbocycles. The summed E-state index contributed by atoms with van der Waals surface area (Å²) in [6.07, 6.45) is 0. The average Bonchev–Trinajstić information content (AvgIpc) is 2.22. The van der Waals surface area contributed by atoms with Gasteiger partial charge >= 0.3 is 0 Å². The zero-order chi connectivity index (χ0) is 11.5. The molecule has 0 aliphatic rings. The van der Waals surface area contributed by atoms with Crippen LogP contribution in [0.2, 0.25) is 0 Å². The second-order valence-electron chi connectivity index (χ2n) is 3.80. The Balaban J connectivity index is 3.28. The van der Waals surface area contributed by atoms with Gasteiger partial charge in [-0.3, -0.25) is 0 Å². The van der Waals surface area contributed by atoms with Crippen LogP contribution in [0, 0.1) is 0 Å². The summed E-state index contributed by atoms with van der Waals surface area (Å²) in [5.41, 5.74) is 10.8. The highest BCUT2D eigenvalue weighted by molar-refractivity contribution is 4.57. The standard InChI is InChI=1S/C10H26N4O/c1-13(5-3-11)6-7-14(2)8-10-15-9-4-12/h3-12H2,1-2H3. The van der Waals surface area contributed by atoms with Crippen molar-refractivity contribution in [1.29, 1.82) is 0 Å². The Labute approximate surface area is 93.3 Å². The highest BCUT2D eigenvalue weighted by Gasteiger charge is 2.00. The van der Waals surface area contributed by atoms with Gasteiger partial charge < -0.3 is 26.0 Å². The second kappa shape index (κ2) is 10.3. The number of hydrogen-bond acceptors (Lipinski definition) is 5. The molecule has 15 heavy (non-hydrogen) atoms. The Morgan fingerprint density at radius 2 is 1.40 bits per heavy atom. The van der Waals surface area contributed by atoms with Crippen molar-refractivity contribution in [3.8, 4) is 0 Å². The minimum absolute atomic E-state index is 0.600. The summed E-state index contributed by atoms with van der Waals surface area (Å²) in [6.45, 7) is 6.74. The van der Waals surface area contributed by atoms with Gasteiger partial charge in [0.25, 0.3) is 0 Å². The molecule has 0 fully saturated rings. The van der Waals surface area contributed by atoms with Crippen molar-refractivity contribution in [2.75, 3.05) is 66.6 Å². The molecular formula is C10H26N4O. The average molecular weight is 218 g/mol. The fourth-order valence-corrected chi connectivity index (χ4v) is 1.19. The van der Waals surface area contributed by atoms with Crippen LogP contribution in [0.3, 0.4) is 0 Å². The van der Waals surface area contributed by atoms with Gasteiger partial charge in [0.1, 0.15) is 0 Å². The molecule has 0 saturated carbocycles. The first-order valence-corrected chi connectivity index (χ1v) is 5.55. The van der Waals surface area contributed by atoms with E-state index < -0.39 is 0 Å². The van der Waals surface area contributed by atoms with E-state index in [0.29, 0.717) is 13.2 Å². The van der Waals surface area contributed by atoms with E-state index >= 15 is 0 Å². The van der Waals surface area contributed by atoms with Crippen molar-refractivity contribution in [2.45, 2.75) is 0 Å². The molecule has 5 heteroatoms. The molecule has 0 unspecified atom stereocenters. The van der Waals surface area contributed by atoms with Crippen molar-refractivity contribution < 1.29 is 4.74 Å². The fraction of sp³-hybridized carbons (Fsp3) is 1.00. The summed E-state index contributed by atoms with van der Waals surface area (Å²) < 4.78 is 5.31. The molecule has 0 saturated heterocycles. The summed E-state index contributed by atoms with van der Waals surface area (Å²) in [5, 5.41) is 0. The van der Waals surface area contributed by atoms with E-state index in [-0.39, 0.29) is 0 Å². The second-order valence-corrected chi connectivity index (χ2v) is 3.80. The zero-order valence-electron chi connectivity index (χ0n) is 10.1. The number of rotatable bonds is 10. The van der Waals surface area contributed by atoms with Gasteiger partial charge in [0.05, 0.1) is 13.2 Å². The lowest BCUT2D eigenvalue weighted by molar-refractivity contribution is 0.114. The molecule has 0 bridgehead atoms. The fourth-order valence-electron chi connectivity index (χ4n) is 1.19. The SMILES string of the molecule is CN(CCN)CCN(C)CCOCCN. The predicted octanol–water partition coefficient (Wildman–Crippen LogP) is -1.22. The molecule has 0 atom stereocenters. The van der Waals surface area contributed by atoms with Crippen LogP contribution in [0.25, 0.3) is 0 Å². The molecule has 4 N–H and O–H groups in total. The van der Waals surface area contributed by atoms with E-state index in [4.69, 9.17) is 16.2 Å². The van der Waals surface area contributed by atoms with Crippen LogP contribution in [0.15, 0.2) is 0 Å². The number of nitrogens with zero attached hydrogens (tertiary/aromatic N) is 2. The van der Waals surface area contributed by atoms with E-state index in [1.807, 2.05) is 0 Å². The van der Waals surface area contributed by atoms with E-state index in [0.717, 1.165) is 39.3 Å². The first-order valence-electron chi connectivity index (χ1n) is 5.55. The Kier molecular flexibility index (Phi) is 10.2. The number of ether oxygens (including phenoxy) is 1. The Morgan fingerprint density at radius 1 is 0.800 bits per heavy atom. The van der Waals surface area contributed by atoms with E-state index in [2.05, 4.69) is 23.9 Å². The zero-order valence-corrected chi connectivity index (χ0v) is 10.1. The first-order chi connectivity index (χ1) is 7.20.